The molecule has 2 heterocycles. The molecule has 3 atom stereocenters. The summed E-state index contributed by atoms with van der Waals surface area (Å²) in [6.45, 7) is 8.46. The lowest BCUT2D eigenvalue weighted by molar-refractivity contribution is -0.0589. The molecule has 0 bridgehead atoms. The van der Waals surface area contributed by atoms with E-state index >= 15 is 0 Å². The maximum Gasteiger partial charge on any atom is 0.254 e. The van der Waals surface area contributed by atoms with Gasteiger partial charge in [-0.2, -0.15) is 0 Å². The van der Waals surface area contributed by atoms with Crippen molar-refractivity contribution in [1.82, 2.24) is 4.90 Å². The Hall–Kier alpha value is -1.39. The van der Waals surface area contributed by atoms with Gasteiger partial charge in [0, 0.05) is 30.7 Å². The zero-order valence-corrected chi connectivity index (χ0v) is 15.0. The highest BCUT2D eigenvalue weighted by atomic mass is 16.5. The molecule has 3 rings (SSSR count). The molecule has 0 aliphatic carbocycles. The maximum absolute atomic E-state index is 13.0. The Labute approximate surface area is 144 Å². The molecule has 0 unspecified atom stereocenters. The molecule has 0 aromatic heterocycles. The zero-order chi connectivity index (χ0) is 17.3. The van der Waals surface area contributed by atoms with Crippen LogP contribution >= 0.6 is 0 Å². The molecule has 0 saturated carbocycles. The van der Waals surface area contributed by atoms with Crippen LogP contribution in [0.4, 0.5) is 0 Å². The standard InChI is InChI=1S/C20H29NO3/c1-20(2,3)15-8-6-14(7-9-15)19(23)21-11-4-5-17(21)16-13-24-12-10-18(16)22/h6-9,16-18,22H,4-5,10-13H2,1-3H3/t16-,17+,18-/m0/s1. The molecule has 4 heteroatoms. The summed E-state index contributed by atoms with van der Waals surface area (Å²) in [6.07, 6.45) is 2.26. The van der Waals surface area contributed by atoms with Crippen molar-refractivity contribution in [2.75, 3.05) is 19.8 Å². The number of aliphatic hydroxyl groups excluding tert-OH is 1. The number of carbonyl (C=O) groups is 1. The van der Waals surface area contributed by atoms with Crippen LogP contribution in [0.2, 0.25) is 0 Å². The maximum atomic E-state index is 13.0. The molecule has 1 aromatic rings. The van der Waals surface area contributed by atoms with Crippen molar-refractivity contribution >= 4 is 5.91 Å². The second-order valence-electron chi connectivity index (χ2n) is 8.13. The van der Waals surface area contributed by atoms with Crippen LogP contribution in [0, 0.1) is 5.92 Å². The van der Waals surface area contributed by atoms with Gasteiger partial charge in [0.05, 0.1) is 12.7 Å². The van der Waals surface area contributed by atoms with Gasteiger partial charge >= 0.3 is 0 Å². The van der Waals surface area contributed by atoms with E-state index in [1.165, 1.54) is 5.56 Å². The average Bonchev–Trinajstić information content (AvgIpc) is 3.03. The summed E-state index contributed by atoms with van der Waals surface area (Å²) in [5.74, 6) is 0.120. The molecule has 24 heavy (non-hydrogen) atoms. The van der Waals surface area contributed by atoms with Gasteiger partial charge in [-0.15, -0.1) is 0 Å². The Morgan fingerprint density at radius 3 is 2.54 bits per heavy atom. The quantitative estimate of drug-likeness (QED) is 0.906. The number of rotatable bonds is 2. The average molecular weight is 331 g/mol. The summed E-state index contributed by atoms with van der Waals surface area (Å²) >= 11 is 0. The number of hydrogen-bond acceptors (Lipinski definition) is 3. The Balaban J connectivity index is 1.76. The molecule has 0 radical (unpaired) electrons. The van der Waals surface area contributed by atoms with Gasteiger partial charge in [-0.25, -0.2) is 0 Å². The summed E-state index contributed by atoms with van der Waals surface area (Å²) in [4.78, 5) is 14.9. The predicted octanol–water partition coefficient (Wildman–Crippen LogP) is 2.99. The summed E-state index contributed by atoms with van der Waals surface area (Å²) in [7, 11) is 0. The van der Waals surface area contributed by atoms with E-state index in [9.17, 15) is 9.90 Å². The number of likely N-dealkylation sites (tertiary alicyclic amines) is 1. The van der Waals surface area contributed by atoms with E-state index in [4.69, 9.17) is 4.74 Å². The van der Waals surface area contributed by atoms with E-state index < -0.39 is 0 Å². The van der Waals surface area contributed by atoms with Crippen molar-refractivity contribution in [1.29, 1.82) is 0 Å². The van der Waals surface area contributed by atoms with Gasteiger partial charge in [-0.3, -0.25) is 4.79 Å². The minimum Gasteiger partial charge on any atom is -0.393 e. The highest BCUT2D eigenvalue weighted by Crippen LogP contribution is 2.31. The molecule has 2 saturated heterocycles. The van der Waals surface area contributed by atoms with E-state index in [0.29, 0.717) is 19.6 Å². The molecule has 2 aliphatic heterocycles. The van der Waals surface area contributed by atoms with Gasteiger partial charge in [-0.1, -0.05) is 32.9 Å². The van der Waals surface area contributed by atoms with Crippen molar-refractivity contribution in [3.05, 3.63) is 35.4 Å². The SMILES string of the molecule is CC(C)(C)c1ccc(C(=O)N2CCC[C@@H]2[C@@H]2COCC[C@@H]2O)cc1. The molecule has 1 N–H and O–H groups in total. The number of nitrogens with zero attached hydrogens (tertiary/aromatic N) is 1. The molecule has 2 fully saturated rings. The first-order valence-corrected chi connectivity index (χ1v) is 9.05. The Morgan fingerprint density at radius 2 is 1.92 bits per heavy atom. The Bertz CT molecular complexity index is 576. The Morgan fingerprint density at radius 1 is 1.21 bits per heavy atom. The third-order valence-electron chi connectivity index (χ3n) is 5.41. The monoisotopic (exact) mass is 331 g/mol. The minimum atomic E-state index is -0.361. The normalized spacial score (nSPS) is 28.2. The van der Waals surface area contributed by atoms with Crippen LogP contribution in [0.3, 0.4) is 0 Å². The largest absolute Gasteiger partial charge is 0.393 e. The predicted molar refractivity (Wildman–Crippen MR) is 94.1 cm³/mol. The fourth-order valence-corrected chi connectivity index (χ4v) is 3.88. The van der Waals surface area contributed by atoms with Crippen LogP contribution in [0.1, 0.15) is 56.0 Å². The van der Waals surface area contributed by atoms with Crippen molar-refractivity contribution in [3.8, 4) is 0 Å². The number of hydrogen-bond donors (Lipinski definition) is 1. The number of amides is 1. The van der Waals surface area contributed by atoms with Gasteiger partial charge in [0.15, 0.2) is 0 Å². The summed E-state index contributed by atoms with van der Waals surface area (Å²) in [5.41, 5.74) is 2.05. The van der Waals surface area contributed by atoms with Crippen LogP contribution in [0.25, 0.3) is 0 Å². The van der Waals surface area contributed by atoms with Gasteiger partial charge in [0.25, 0.3) is 5.91 Å². The highest BCUT2D eigenvalue weighted by molar-refractivity contribution is 5.94. The zero-order valence-electron chi connectivity index (χ0n) is 15.0. The van der Waals surface area contributed by atoms with Crippen molar-refractivity contribution in [2.24, 2.45) is 5.92 Å². The molecule has 132 valence electrons. The smallest absolute Gasteiger partial charge is 0.254 e. The van der Waals surface area contributed by atoms with Crippen molar-refractivity contribution in [2.45, 2.75) is 57.6 Å². The van der Waals surface area contributed by atoms with E-state index in [-0.39, 0.29) is 29.4 Å². The summed E-state index contributed by atoms with van der Waals surface area (Å²) in [6, 6.07) is 8.07. The fraction of sp³-hybridized carbons (Fsp3) is 0.650. The second-order valence-corrected chi connectivity index (χ2v) is 8.13. The first kappa shape index (κ1) is 17.4. The molecule has 4 nitrogen and oxygen atoms in total. The van der Waals surface area contributed by atoms with Crippen LogP contribution in [0.15, 0.2) is 24.3 Å². The van der Waals surface area contributed by atoms with Crippen LogP contribution in [0.5, 0.6) is 0 Å². The summed E-state index contributed by atoms with van der Waals surface area (Å²) < 4.78 is 5.55. The number of ether oxygens (including phenoxy) is 1. The summed E-state index contributed by atoms with van der Waals surface area (Å²) in [5, 5.41) is 10.3. The van der Waals surface area contributed by atoms with Crippen LogP contribution in [-0.2, 0) is 10.2 Å². The van der Waals surface area contributed by atoms with Crippen LogP contribution < -0.4 is 0 Å². The van der Waals surface area contributed by atoms with Crippen molar-refractivity contribution < 1.29 is 14.6 Å². The second kappa shape index (κ2) is 6.85. The topological polar surface area (TPSA) is 49.8 Å². The van der Waals surface area contributed by atoms with Gasteiger partial charge in [0.1, 0.15) is 0 Å². The first-order chi connectivity index (χ1) is 11.4. The van der Waals surface area contributed by atoms with E-state index in [1.54, 1.807) is 0 Å². The van der Waals surface area contributed by atoms with Crippen molar-refractivity contribution in [3.63, 3.8) is 0 Å². The Kier molecular flexibility index (Phi) is 4.97. The van der Waals surface area contributed by atoms with Gasteiger partial charge in [0.2, 0.25) is 0 Å². The minimum absolute atomic E-state index is 0.0408. The molecule has 2 aliphatic rings. The van der Waals surface area contributed by atoms with E-state index in [2.05, 4.69) is 32.9 Å². The molecule has 1 aromatic carbocycles. The highest BCUT2D eigenvalue weighted by Gasteiger charge is 2.39. The van der Waals surface area contributed by atoms with Gasteiger partial charge in [-0.05, 0) is 42.4 Å². The first-order valence-electron chi connectivity index (χ1n) is 9.05. The fourth-order valence-electron chi connectivity index (χ4n) is 3.88. The van der Waals surface area contributed by atoms with E-state index in [0.717, 1.165) is 24.9 Å². The lowest BCUT2D eigenvalue weighted by Crippen LogP contribution is -2.48. The molecular formula is C20H29NO3. The third kappa shape index (κ3) is 3.50. The lowest BCUT2D eigenvalue weighted by Gasteiger charge is -2.37. The third-order valence-corrected chi connectivity index (χ3v) is 5.41. The lowest BCUT2D eigenvalue weighted by atomic mass is 9.86. The van der Waals surface area contributed by atoms with Gasteiger partial charge < -0.3 is 14.7 Å². The number of aliphatic hydroxyl groups is 1. The molecular weight excluding hydrogens is 302 g/mol. The van der Waals surface area contributed by atoms with E-state index in [1.807, 2.05) is 17.0 Å². The molecule has 1 amide bonds. The van der Waals surface area contributed by atoms with Crippen LogP contribution in [-0.4, -0.2) is 47.8 Å². The molecule has 0 spiro atoms. The number of carbonyl (C=O) groups excluding carboxylic acids is 1. The number of benzene rings is 1.